The minimum absolute atomic E-state index is 0.0523. The summed E-state index contributed by atoms with van der Waals surface area (Å²) in [7, 11) is -4.39. The van der Waals surface area contributed by atoms with E-state index in [0.717, 1.165) is 22.3 Å². The third-order valence-corrected chi connectivity index (χ3v) is 13.9. The Balaban J connectivity index is 2.02. The van der Waals surface area contributed by atoms with Gasteiger partial charge in [0, 0.05) is 22.3 Å². The van der Waals surface area contributed by atoms with Gasteiger partial charge in [0.1, 0.15) is 23.0 Å². The van der Waals surface area contributed by atoms with E-state index in [-0.39, 0.29) is 43.3 Å². The molecule has 0 bridgehead atoms. The molecule has 0 saturated heterocycles. The summed E-state index contributed by atoms with van der Waals surface area (Å²) < 4.78 is 35.6. The molecule has 0 radical (unpaired) electrons. The highest BCUT2D eigenvalue weighted by Gasteiger charge is 2.37. The molecule has 0 fully saturated rings. The number of hydrogen-bond acceptors (Lipinski definition) is 5. The third-order valence-electron chi connectivity index (χ3n) is 11.4. The predicted octanol–water partition coefficient (Wildman–Crippen LogP) is 18.2. The minimum Gasteiger partial charge on any atom is -0.417 e. The molecule has 0 atom stereocenters. The van der Waals surface area contributed by atoms with Gasteiger partial charge in [-0.05, 0) is 89.8 Å². The van der Waals surface area contributed by atoms with Gasteiger partial charge in [0.15, 0.2) is 0 Å². The van der Waals surface area contributed by atoms with Crippen LogP contribution >= 0.6 is 17.2 Å². The first-order chi connectivity index (χ1) is 28.3. The summed E-state index contributed by atoms with van der Waals surface area (Å²) >= 11 is 0. The van der Waals surface area contributed by atoms with Crippen LogP contribution in [0.5, 0.6) is 23.0 Å². The van der Waals surface area contributed by atoms with Crippen molar-refractivity contribution in [1.82, 2.24) is 0 Å². The van der Waals surface area contributed by atoms with E-state index in [1.54, 1.807) is 0 Å². The van der Waals surface area contributed by atoms with Gasteiger partial charge in [0.05, 0.1) is 0 Å². The van der Waals surface area contributed by atoms with Crippen LogP contribution in [0.2, 0.25) is 0 Å². The first-order valence-corrected chi connectivity index (χ1v) is 25.1. The van der Waals surface area contributed by atoms with Crippen LogP contribution in [-0.4, -0.2) is 0 Å². The maximum atomic E-state index is 7.17. The fourth-order valence-corrected chi connectivity index (χ4v) is 9.45. The topological polar surface area (TPSA) is 46.2 Å². The maximum Gasteiger partial charge on any atom is 0.471 e. The zero-order valence-corrected chi connectivity index (χ0v) is 45.7. The molecular weight excluding hydrogens is 815 g/mol. The van der Waals surface area contributed by atoms with Crippen LogP contribution in [0.4, 0.5) is 0 Å². The molecule has 0 saturated carbocycles. The SMILES string of the molecule is CC(C)(C)c1ccc(OP(Oc2ccc(C(C)(C)C)cc2C(C)(C)C)OP(Oc2ccc(C(C)(C)C)cc2C(C)(C)C)Oc2ccc(C(C)(C)C)cc2C(C)(C)C)c(C(C)(C)C)c1. The van der Waals surface area contributed by atoms with Crippen molar-refractivity contribution in [2.24, 2.45) is 0 Å². The highest BCUT2D eigenvalue weighted by molar-refractivity contribution is 7.56. The van der Waals surface area contributed by atoms with Crippen LogP contribution in [0.3, 0.4) is 0 Å². The fourth-order valence-electron chi connectivity index (χ4n) is 7.13. The summed E-state index contributed by atoms with van der Waals surface area (Å²) in [5, 5.41) is 0. The van der Waals surface area contributed by atoms with Crippen LogP contribution in [-0.2, 0) is 47.6 Å². The van der Waals surface area contributed by atoms with E-state index in [9.17, 15) is 0 Å². The Morgan fingerprint density at radius 2 is 0.429 bits per heavy atom. The lowest BCUT2D eigenvalue weighted by Crippen LogP contribution is -2.19. The van der Waals surface area contributed by atoms with Gasteiger partial charge in [0.25, 0.3) is 0 Å². The molecule has 63 heavy (non-hydrogen) atoms. The second-order valence-electron chi connectivity index (χ2n) is 25.7. The van der Waals surface area contributed by atoms with Crippen LogP contribution in [0.25, 0.3) is 0 Å². The zero-order chi connectivity index (χ0) is 48.1. The van der Waals surface area contributed by atoms with Gasteiger partial charge < -0.3 is 18.1 Å². The molecule has 4 rings (SSSR count). The first-order valence-electron chi connectivity index (χ1n) is 22.9. The lowest BCUT2D eigenvalue weighted by molar-refractivity contribution is 0.333. The molecule has 7 heteroatoms. The van der Waals surface area contributed by atoms with E-state index < -0.39 is 17.2 Å². The summed E-state index contributed by atoms with van der Waals surface area (Å²) in [6, 6.07) is 26.0. The number of hydrogen-bond donors (Lipinski definition) is 0. The van der Waals surface area contributed by atoms with Gasteiger partial charge in [-0.2, -0.15) is 4.31 Å². The van der Waals surface area contributed by atoms with E-state index in [1.165, 1.54) is 22.3 Å². The van der Waals surface area contributed by atoms with Gasteiger partial charge in [-0.25, -0.2) is 0 Å². The molecule has 0 aliphatic heterocycles. The van der Waals surface area contributed by atoms with E-state index in [2.05, 4.69) is 239 Å². The molecule has 0 aliphatic carbocycles. The van der Waals surface area contributed by atoms with Crippen molar-refractivity contribution in [3.05, 3.63) is 117 Å². The first kappa shape index (κ1) is 52.5. The van der Waals surface area contributed by atoms with Gasteiger partial charge in [0.2, 0.25) is 0 Å². The van der Waals surface area contributed by atoms with E-state index in [0.29, 0.717) is 23.0 Å². The maximum absolute atomic E-state index is 7.17. The van der Waals surface area contributed by atoms with Gasteiger partial charge in [-0.3, -0.25) is 0 Å². The van der Waals surface area contributed by atoms with Crippen LogP contribution in [0, 0.1) is 0 Å². The second-order valence-corrected chi connectivity index (χ2v) is 28.0. The highest BCUT2D eigenvalue weighted by Crippen LogP contribution is 2.59. The van der Waals surface area contributed by atoms with E-state index in [1.807, 2.05) is 0 Å². The summed E-state index contributed by atoms with van der Waals surface area (Å²) in [5.41, 5.74) is 8.02. The molecule has 4 aromatic rings. The Morgan fingerprint density at radius 1 is 0.254 bits per heavy atom. The molecule has 0 amide bonds. The van der Waals surface area contributed by atoms with Crippen molar-refractivity contribution in [3.8, 4) is 23.0 Å². The number of benzene rings is 4. The average Bonchev–Trinajstić information content (AvgIpc) is 3.08. The van der Waals surface area contributed by atoms with Crippen LogP contribution in [0.15, 0.2) is 72.8 Å². The average molecular weight is 899 g/mol. The molecule has 348 valence electrons. The molecule has 0 unspecified atom stereocenters. The van der Waals surface area contributed by atoms with Crippen molar-refractivity contribution in [2.45, 2.75) is 209 Å². The van der Waals surface area contributed by atoms with E-state index >= 15 is 0 Å². The quantitative estimate of drug-likeness (QED) is 0.148. The Bertz CT molecular complexity index is 1890. The summed E-state index contributed by atoms with van der Waals surface area (Å²) in [4.78, 5) is 0. The Labute approximate surface area is 387 Å². The van der Waals surface area contributed by atoms with Crippen molar-refractivity contribution >= 4 is 17.2 Å². The molecular formula is C56H84O5P2. The minimum atomic E-state index is -2.19. The Morgan fingerprint density at radius 3 is 0.571 bits per heavy atom. The fraction of sp³-hybridized carbons (Fsp3) is 0.571. The van der Waals surface area contributed by atoms with Gasteiger partial charge in [-0.15, -0.1) is 0 Å². The molecule has 5 nitrogen and oxygen atoms in total. The lowest BCUT2D eigenvalue weighted by Gasteiger charge is -2.32. The van der Waals surface area contributed by atoms with Crippen LogP contribution < -0.4 is 18.1 Å². The normalized spacial score (nSPS) is 13.7. The summed E-state index contributed by atoms with van der Waals surface area (Å²) in [6.07, 6.45) is 0. The predicted molar refractivity (Wildman–Crippen MR) is 273 cm³/mol. The molecule has 0 aliphatic rings. The van der Waals surface area contributed by atoms with Crippen molar-refractivity contribution in [1.29, 1.82) is 0 Å². The van der Waals surface area contributed by atoms with Crippen molar-refractivity contribution in [2.75, 3.05) is 0 Å². The Hall–Kier alpha value is -3.10. The van der Waals surface area contributed by atoms with Gasteiger partial charge >= 0.3 is 17.2 Å². The molecule has 4 aromatic carbocycles. The smallest absolute Gasteiger partial charge is 0.417 e. The highest BCUT2D eigenvalue weighted by atomic mass is 31.2. The molecule has 0 aromatic heterocycles. The molecule has 0 heterocycles. The molecule has 0 N–H and O–H groups in total. The Kier molecular flexibility index (Phi) is 15.2. The van der Waals surface area contributed by atoms with Crippen molar-refractivity contribution in [3.63, 3.8) is 0 Å². The molecule has 0 spiro atoms. The largest absolute Gasteiger partial charge is 0.471 e. The lowest BCUT2D eigenvalue weighted by atomic mass is 9.80. The zero-order valence-electron chi connectivity index (χ0n) is 43.9. The monoisotopic (exact) mass is 899 g/mol. The number of rotatable bonds is 10. The van der Waals surface area contributed by atoms with Crippen LogP contribution in [0.1, 0.15) is 211 Å². The second kappa shape index (κ2) is 18.3. The van der Waals surface area contributed by atoms with Gasteiger partial charge in [-0.1, -0.05) is 215 Å². The summed E-state index contributed by atoms with van der Waals surface area (Å²) in [6.45, 7) is 53.5. The van der Waals surface area contributed by atoms with Crippen molar-refractivity contribution < 1.29 is 22.4 Å². The van der Waals surface area contributed by atoms with E-state index in [4.69, 9.17) is 22.4 Å². The summed E-state index contributed by atoms with van der Waals surface area (Å²) in [5.74, 6) is 2.81. The standard InChI is InChI=1S/C56H84O5P2/c1-49(2,3)37-25-29-45(41(33-37)53(13,14)15)57-62(58-46-30-26-38(50(4,5)6)34-42(46)54(16,17)18)61-63(59-47-31-27-39(51(7,8)9)35-43(47)55(19,20)21)60-48-32-28-40(52(10,11)12)36-44(48)56(22,23)24/h25-36H,1-24H3. The third kappa shape index (κ3) is 14.0.